The van der Waals surface area contributed by atoms with E-state index in [1.807, 2.05) is 69.3 Å². The molecule has 2 aromatic carbocycles. The number of likely N-dealkylation sites (N-methyl/N-ethyl adjacent to an activating group) is 1. The number of para-hydroxylation sites is 1. The molecule has 0 aliphatic carbocycles. The van der Waals surface area contributed by atoms with E-state index in [0.29, 0.717) is 25.1 Å². The zero-order valence-corrected chi connectivity index (χ0v) is 15.0. The molecule has 1 saturated heterocycles. The largest absolute Gasteiger partial charge is 0.327 e. The minimum Gasteiger partial charge on any atom is -0.327 e. The smallest absolute Gasteiger partial charge is 0.254 e. The molecule has 0 bridgehead atoms. The molecule has 0 spiro atoms. The maximum Gasteiger partial charge on any atom is 0.254 e. The number of benzene rings is 2. The fraction of sp³-hybridized carbons (Fsp3) is 0.333. The van der Waals surface area contributed by atoms with Gasteiger partial charge in [0.1, 0.15) is 6.04 Å². The highest BCUT2D eigenvalue weighted by atomic mass is 16.2. The summed E-state index contributed by atoms with van der Waals surface area (Å²) in [5.41, 5.74) is 3.79. The Labute approximate surface area is 149 Å². The SMILES string of the molecule is CCN(C(=O)c1ccc(C)c(C)c1)[C@H]1CCN(c2ccccc2)C1=O. The molecule has 0 N–H and O–H groups in total. The molecule has 0 saturated carbocycles. The van der Waals surface area contributed by atoms with E-state index in [2.05, 4.69) is 0 Å². The normalized spacial score (nSPS) is 17.0. The quantitative estimate of drug-likeness (QED) is 0.856. The van der Waals surface area contributed by atoms with Gasteiger partial charge in [0, 0.05) is 24.3 Å². The van der Waals surface area contributed by atoms with Crippen molar-refractivity contribution in [2.24, 2.45) is 0 Å². The van der Waals surface area contributed by atoms with Gasteiger partial charge >= 0.3 is 0 Å². The average Bonchev–Trinajstić information content (AvgIpc) is 3.00. The van der Waals surface area contributed by atoms with Crippen molar-refractivity contribution in [3.8, 4) is 0 Å². The first-order chi connectivity index (χ1) is 12.0. The van der Waals surface area contributed by atoms with Crippen molar-refractivity contribution in [2.45, 2.75) is 33.2 Å². The second-order valence-electron chi connectivity index (χ2n) is 6.52. The Hall–Kier alpha value is -2.62. The summed E-state index contributed by atoms with van der Waals surface area (Å²) in [6.45, 7) is 7.12. The van der Waals surface area contributed by atoms with Crippen LogP contribution in [-0.2, 0) is 4.79 Å². The molecule has 1 heterocycles. The maximum absolute atomic E-state index is 13.0. The molecule has 2 amide bonds. The average molecular weight is 336 g/mol. The molecule has 1 atom stereocenters. The van der Waals surface area contributed by atoms with Crippen LogP contribution in [0, 0.1) is 13.8 Å². The molecule has 3 rings (SSSR count). The molecule has 0 aromatic heterocycles. The minimum atomic E-state index is -0.390. The molecule has 0 radical (unpaired) electrons. The Bertz CT molecular complexity index is 786. The second-order valence-corrected chi connectivity index (χ2v) is 6.52. The van der Waals surface area contributed by atoms with Crippen molar-refractivity contribution < 1.29 is 9.59 Å². The van der Waals surface area contributed by atoms with Gasteiger partial charge in [0.25, 0.3) is 5.91 Å². The number of amides is 2. The van der Waals surface area contributed by atoms with Crippen molar-refractivity contribution in [2.75, 3.05) is 18.0 Å². The molecular weight excluding hydrogens is 312 g/mol. The summed E-state index contributed by atoms with van der Waals surface area (Å²) >= 11 is 0. The zero-order valence-electron chi connectivity index (χ0n) is 15.0. The molecule has 1 aliphatic heterocycles. The minimum absolute atomic E-state index is 0.00485. The van der Waals surface area contributed by atoms with E-state index in [0.717, 1.165) is 16.8 Å². The van der Waals surface area contributed by atoms with E-state index in [1.54, 1.807) is 9.80 Å². The molecule has 130 valence electrons. The van der Waals surface area contributed by atoms with Crippen LogP contribution in [-0.4, -0.2) is 35.8 Å². The number of anilines is 1. The predicted molar refractivity (Wildman–Crippen MR) is 99.8 cm³/mol. The Balaban J connectivity index is 1.82. The summed E-state index contributed by atoms with van der Waals surface area (Å²) in [4.78, 5) is 29.3. The second kappa shape index (κ2) is 7.09. The third-order valence-electron chi connectivity index (χ3n) is 4.98. The van der Waals surface area contributed by atoms with E-state index < -0.39 is 0 Å². The third kappa shape index (κ3) is 3.29. The van der Waals surface area contributed by atoms with E-state index in [9.17, 15) is 9.59 Å². The van der Waals surface area contributed by atoms with Gasteiger partial charge in [0.05, 0.1) is 0 Å². The molecule has 25 heavy (non-hydrogen) atoms. The van der Waals surface area contributed by atoms with Crippen LogP contribution < -0.4 is 4.90 Å². The number of carbonyl (C=O) groups excluding carboxylic acids is 2. The molecule has 2 aromatic rings. The van der Waals surface area contributed by atoms with Crippen molar-refractivity contribution in [1.29, 1.82) is 0 Å². The van der Waals surface area contributed by atoms with E-state index in [1.165, 1.54) is 0 Å². The van der Waals surface area contributed by atoms with Gasteiger partial charge in [-0.2, -0.15) is 0 Å². The highest BCUT2D eigenvalue weighted by Crippen LogP contribution is 2.25. The van der Waals surface area contributed by atoms with Gasteiger partial charge in [-0.1, -0.05) is 24.3 Å². The Morgan fingerprint density at radius 3 is 2.48 bits per heavy atom. The molecule has 4 nitrogen and oxygen atoms in total. The highest BCUT2D eigenvalue weighted by molar-refractivity contribution is 6.04. The first-order valence-electron chi connectivity index (χ1n) is 8.77. The van der Waals surface area contributed by atoms with Crippen LogP contribution in [0.5, 0.6) is 0 Å². The number of nitrogens with zero attached hydrogens (tertiary/aromatic N) is 2. The Morgan fingerprint density at radius 1 is 1.12 bits per heavy atom. The lowest BCUT2D eigenvalue weighted by Gasteiger charge is -2.27. The van der Waals surface area contributed by atoms with Crippen LogP contribution in [0.1, 0.15) is 34.8 Å². The molecule has 1 aliphatic rings. The number of rotatable bonds is 4. The van der Waals surface area contributed by atoms with Crippen molar-refractivity contribution in [1.82, 2.24) is 4.90 Å². The van der Waals surface area contributed by atoms with Gasteiger partial charge in [-0.3, -0.25) is 9.59 Å². The standard InChI is InChI=1S/C21H24N2O2/c1-4-22(20(24)17-11-10-15(2)16(3)14-17)19-12-13-23(21(19)25)18-8-6-5-7-9-18/h5-11,14,19H,4,12-13H2,1-3H3/t19-/m0/s1. The van der Waals surface area contributed by atoms with Crippen LogP contribution in [0.2, 0.25) is 0 Å². The van der Waals surface area contributed by atoms with Gasteiger partial charge < -0.3 is 9.80 Å². The van der Waals surface area contributed by atoms with E-state index in [-0.39, 0.29) is 17.9 Å². The van der Waals surface area contributed by atoms with Gasteiger partial charge in [0.15, 0.2) is 0 Å². The molecule has 0 unspecified atom stereocenters. The maximum atomic E-state index is 13.0. The first kappa shape index (κ1) is 17.2. The van der Waals surface area contributed by atoms with E-state index >= 15 is 0 Å². The number of aryl methyl sites for hydroxylation is 2. The lowest BCUT2D eigenvalue weighted by atomic mass is 10.0. The highest BCUT2D eigenvalue weighted by Gasteiger charge is 2.38. The summed E-state index contributed by atoms with van der Waals surface area (Å²) < 4.78 is 0. The van der Waals surface area contributed by atoms with Gasteiger partial charge in [-0.25, -0.2) is 0 Å². The molecule has 1 fully saturated rings. The van der Waals surface area contributed by atoms with Gasteiger partial charge in [0.2, 0.25) is 5.91 Å². The number of carbonyl (C=O) groups is 2. The van der Waals surface area contributed by atoms with Crippen molar-refractivity contribution in [3.63, 3.8) is 0 Å². The van der Waals surface area contributed by atoms with Crippen LogP contribution in [0.4, 0.5) is 5.69 Å². The topological polar surface area (TPSA) is 40.6 Å². The zero-order chi connectivity index (χ0) is 18.0. The van der Waals surface area contributed by atoms with E-state index in [4.69, 9.17) is 0 Å². The molecular formula is C21H24N2O2. The molecule has 4 heteroatoms. The third-order valence-corrected chi connectivity index (χ3v) is 4.98. The fourth-order valence-corrected chi connectivity index (χ4v) is 3.36. The number of hydrogen-bond acceptors (Lipinski definition) is 2. The van der Waals surface area contributed by atoms with Crippen LogP contribution in [0.15, 0.2) is 48.5 Å². The summed E-state index contributed by atoms with van der Waals surface area (Å²) in [6, 6.07) is 15.0. The summed E-state index contributed by atoms with van der Waals surface area (Å²) in [7, 11) is 0. The Morgan fingerprint density at radius 2 is 1.84 bits per heavy atom. The predicted octanol–water partition coefficient (Wildman–Crippen LogP) is 3.57. The summed E-state index contributed by atoms with van der Waals surface area (Å²) in [5.74, 6) is -0.0657. The Kier molecular flexibility index (Phi) is 4.88. The van der Waals surface area contributed by atoms with Gasteiger partial charge in [-0.15, -0.1) is 0 Å². The van der Waals surface area contributed by atoms with Crippen LogP contribution >= 0.6 is 0 Å². The van der Waals surface area contributed by atoms with Crippen molar-refractivity contribution >= 4 is 17.5 Å². The van der Waals surface area contributed by atoms with Crippen LogP contribution in [0.25, 0.3) is 0 Å². The lowest BCUT2D eigenvalue weighted by Crippen LogP contribution is -2.45. The summed E-state index contributed by atoms with van der Waals surface area (Å²) in [6.07, 6.45) is 0.665. The van der Waals surface area contributed by atoms with Crippen molar-refractivity contribution in [3.05, 3.63) is 65.2 Å². The first-order valence-corrected chi connectivity index (χ1v) is 8.77. The van der Waals surface area contributed by atoms with Crippen LogP contribution in [0.3, 0.4) is 0 Å². The lowest BCUT2D eigenvalue weighted by molar-refractivity contribution is -0.120. The van der Waals surface area contributed by atoms with Gasteiger partial charge in [-0.05, 0) is 62.6 Å². The number of hydrogen-bond donors (Lipinski definition) is 0. The fourth-order valence-electron chi connectivity index (χ4n) is 3.36. The monoisotopic (exact) mass is 336 g/mol. The summed E-state index contributed by atoms with van der Waals surface area (Å²) in [5, 5.41) is 0.